The van der Waals surface area contributed by atoms with Crippen molar-refractivity contribution < 1.29 is 0 Å². The minimum absolute atomic E-state index is 0.625. The summed E-state index contributed by atoms with van der Waals surface area (Å²) in [7, 11) is 2.17. The second-order valence-electron chi connectivity index (χ2n) is 3.93. The van der Waals surface area contributed by atoms with E-state index in [2.05, 4.69) is 30.4 Å². The van der Waals surface area contributed by atoms with Gasteiger partial charge >= 0.3 is 0 Å². The third-order valence-corrected chi connectivity index (χ3v) is 2.82. The van der Waals surface area contributed by atoms with E-state index in [0.717, 1.165) is 24.7 Å². The van der Waals surface area contributed by atoms with Gasteiger partial charge < -0.3 is 4.90 Å². The van der Waals surface area contributed by atoms with E-state index in [-0.39, 0.29) is 0 Å². The molecule has 0 aromatic rings. The normalized spacial score (nSPS) is 27.2. The first-order valence-corrected chi connectivity index (χ1v) is 5.23. The van der Waals surface area contributed by atoms with Gasteiger partial charge in [0.15, 0.2) is 0 Å². The number of hydrogen-bond acceptors (Lipinski definition) is 2. The number of halogens is 1. The molecule has 1 atom stereocenters. The van der Waals surface area contributed by atoms with Crippen LogP contribution in [0.2, 0.25) is 0 Å². The van der Waals surface area contributed by atoms with Gasteiger partial charge in [0.25, 0.3) is 0 Å². The Labute approximate surface area is 86.2 Å². The summed E-state index contributed by atoms with van der Waals surface area (Å²) in [6.07, 6.45) is 1.22. The third kappa shape index (κ3) is 3.67. The Hall–Kier alpha value is -0.0500. The molecule has 1 aliphatic heterocycles. The molecule has 1 saturated heterocycles. The zero-order valence-electron chi connectivity index (χ0n) is 8.59. The first-order chi connectivity index (χ1) is 6.09. The van der Waals surface area contributed by atoms with Crippen LogP contribution in [0.25, 0.3) is 0 Å². The zero-order valence-corrected chi connectivity index (χ0v) is 9.35. The summed E-state index contributed by atoms with van der Waals surface area (Å²) in [6, 6.07) is 0.625. The Kier molecular flexibility index (Phi) is 4.23. The van der Waals surface area contributed by atoms with Crippen LogP contribution in [0.1, 0.15) is 13.3 Å². The van der Waals surface area contributed by atoms with Crippen molar-refractivity contribution in [2.75, 3.05) is 33.2 Å². The van der Waals surface area contributed by atoms with Crippen molar-refractivity contribution in [3.8, 4) is 0 Å². The Balaban J connectivity index is 2.46. The van der Waals surface area contributed by atoms with Gasteiger partial charge in [-0.1, -0.05) is 18.2 Å². The quantitative estimate of drug-likeness (QED) is 0.674. The number of hydrogen-bond donors (Lipinski definition) is 0. The summed E-state index contributed by atoms with van der Waals surface area (Å²) in [5.41, 5.74) is 0. The SMILES string of the molecule is C=C(Cl)CN1CCN(C)CCC1C. The average Bonchev–Trinajstić information content (AvgIpc) is 2.19. The van der Waals surface area contributed by atoms with Crippen molar-refractivity contribution in [3.05, 3.63) is 11.6 Å². The maximum absolute atomic E-state index is 5.82. The fraction of sp³-hybridized carbons (Fsp3) is 0.800. The van der Waals surface area contributed by atoms with Crippen molar-refractivity contribution in [1.29, 1.82) is 0 Å². The highest BCUT2D eigenvalue weighted by atomic mass is 35.5. The molecule has 0 saturated carbocycles. The standard InChI is InChI=1S/C10H19ClN2/c1-9(11)8-13-7-6-12(3)5-4-10(13)2/h10H,1,4-8H2,2-3H3. The molecule has 0 bridgehead atoms. The lowest BCUT2D eigenvalue weighted by Crippen LogP contribution is -2.35. The van der Waals surface area contributed by atoms with Crippen LogP contribution in [0.5, 0.6) is 0 Å². The number of likely N-dealkylation sites (N-methyl/N-ethyl adjacent to an activating group) is 1. The molecule has 2 nitrogen and oxygen atoms in total. The topological polar surface area (TPSA) is 6.48 Å². The molecule has 1 aliphatic rings. The van der Waals surface area contributed by atoms with Gasteiger partial charge in [0, 0.05) is 30.7 Å². The summed E-state index contributed by atoms with van der Waals surface area (Å²) in [6.45, 7) is 10.3. The second-order valence-corrected chi connectivity index (χ2v) is 4.46. The number of rotatable bonds is 2. The van der Waals surface area contributed by atoms with E-state index in [1.807, 2.05) is 0 Å². The van der Waals surface area contributed by atoms with Crippen molar-refractivity contribution >= 4 is 11.6 Å². The van der Waals surface area contributed by atoms with Crippen molar-refractivity contribution in [2.45, 2.75) is 19.4 Å². The monoisotopic (exact) mass is 202 g/mol. The van der Waals surface area contributed by atoms with Crippen molar-refractivity contribution in [3.63, 3.8) is 0 Å². The Bertz CT molecular complexity index is 182. The van der Waals surface area contributed by atoms with Crippen molar-refractivity contribution in [1.82, 2.24) is 9.80 Å². The maximum atomic E-state index is 5.82. The molecule has 1 rings (SSSR count). The Morgan fingerprint density at radius 3 is 2.77 bits per heavy atom. The van der Waals surface area contributed by atoms with E-state index in [9.17, 15) is 0 Å². The van der Waals surface area contributed by atoms with Crippen LogP contribution >= 0.6 is 11.6 Å². The van der Waals surface area contributed by atoms with E-state index in [4.69, 9.17) is 11.6 Å². The molecule has 0 aromatic carbocycles. The molecule has 3 heteroatoms. The largest absolute Gasteiger partial charge is 0.305 e. The van der Waals surface area contributed by atoms with E-state index >= 15 is 0 Å². The molecule has 0 radical (unpaired) electrons. The molecule has 0 aromatic heterocycles. The highest BCUT2D eigenvalue weighted by Gasteiger charge is 2.18. The molecule has 1 unspecified atom stereocenters. The Morgan fingerprint density at radius 2 is 2.15 bits per heavy atom. The molecule has 0 spiro atoms. The van der Waals surface area contributed by atoms with E-state index in [0.29, 0.717) is 6.04 Å². The second kappa shape index (κ2) is 4.99. The van der Waals surface area contributed by atoms with Gasteiger partial charge in [-0.15, -0.1) is 0 Å². The van der Waals surface area contributed by atoms with Crippen LogP contribution in [-0.2, 0) is 0 Å². The van der Waals surface area contributed by atoms with Gasteiger partial charge in [0.1, 0.15) is 0 Å². The smallest absolute Gasteiger partial charge is 0.0339 e. The minimum Gasteiger partial charge on any atom is -0.305 e. The molecule has 76 valence electrons. The van der Waals surface area contributed by atoms with E-state index in [1.54, 1.807) is 0 Å². The highest BCUT2D eigenvalue weighted by Crippen LogP contribution is 2.12. The summed E-state index contributed by atoms with van der Waals surface area (Å²) in [5, 5.41) is 0.747. The lowest BCUT2D eigenvalue weighted by atomic mass is 10.2. The van der Waals surface area contributed by atoms with Gasteiger partial charge in [-0.3, -0.25) is 4.90 Å². The third-order valence-electron chi connectivity index (χ3n) is 2.70. The van der Waals surface area contributed by atoms with E-state index in [1.165, 1.54) is 13.0 Å². The predicted molar refractivity (Wildman–Crippen MR) is 58.1 cm³/mol. The Morgan fingerprint density at radius 1 is 1.46 bits per heavy atom. The van der Waals surface area contributed by atoms with Crippen LogP contribution in [0.4, 0.5) is 0 Å². The highest BCUT2D eigenvalue weighted by molar-refractivity contribution is 6.29. The van der Waals surface area contributed by atoms with Gasteiger partial charge in [-0.25, -0.2) is 0 Å². The molecule has 0 amide bonds. The summed E-state index contributed by atoms with van der Waals surface area (Å²) in [5.74, 6) is 0. The summed E-state index contributed by atoms with van der Waals surface area (Å²) < 4.78 is 0. The van der Waals surface area contributed by atoms with Crippen LogP contribution in [0, 0.1) is 0 Å². The first-order valence-electron chi connectivity index (χ1n) is 4.85. The molecule has 13 heavy (non-hydrogen) atoms. The molecular weight excluding hydrogens is 184 g/mol. The first kappa shape index (κ1) is 11.0. The molecular formula is C10H19ClN2. The van der Waals surface area contributed by atoms with Crippen LogP contribution in [0.15, 0.2) is 11.6 Å². The molecule has 1 fully saturated rings. The van der Waals surface area contributed by atoms with Gasteiger partial charge in [-0.05, 0) is 26.9 Å². The molecule has 0 N–H and O–H groups in total. The van der Waals surface area contributed by atoms with Gasteiger partial charge in [-0.2, -0.15) is 0 Å². The van der Waals surface area contributed by atoms with E-state index < -0.39 is 0 Å². The van der Waals surface area contributed by atoms with Crippen molar-refractivity contribution in [2.24, 2.45) is 0 Å². The minimum atomic E-state index is 0.625. The zero-order chi connectivity index (χ0) is 9.84. The van der Waals surface area contributed by atoms with Gasteiger partial charge in [0.2, 0.25) is 0 Å². The summed E-state index contributed by atoms with van der Waals surface area (Å²) >= 11 is 5.82. The maximum Gasteiger partial charge on any atom is 0.0339 e. The predicted octanol–water partition coefficient (Wildman–Crippen LogP) is 1.76. The molecule has 0 aliphatic carbocycles. The molecule has 1 heterocycles. The van der Waals surface area contributed by atoms with Gasteiger partial charge in [0.05, 0.1) is 0 Å². The average molecular weight is 203 g/mol. The van der Waals surface area contributed by atoms with Crippen LogP contribution in [-0.4, -0.2) is 49.1 Å². The summed E-state index contributed by atoms with van der Waals surface area (Å²) in [4.78, 5) is 4.77. The van der Waals surface area contributed by atoms with Crippen LogP contribution in [0.3, 0.4) is 0 Å². The lowest BCUT2D eigenvalue weighted by Gasteiger charge is -2.25. The number of nitrogens with zero attached hydrogens (tertiary/aromatic N) is 2. The lowest BCUT2D eigenvalue weighted by molar-refractivity contribution is 0.239. The van der Waals surface area contributed by atoms with Crippen LogP contribution < -0.4 is 0 Å². The fourth-order valence-electron chi connectivity index (χ4n) is 1.68. The fourth-order valence-corrected chi connectivity index (χ4v) is 1.83.